The molecule has 3 aromatic heterocycles. The number of para-hydroxylation sites is 1. The van der Waals surface area contributed by atoms with Gasteiger partial charge in [-0.25, -0.2) is 4.98 Å². The molecule has 0 spiro atoms. The second-order valence-corrected chi connectivity index (χ2v) is 10.2. The van der Waals surface area contributed by atoms with E-state index in [9.17, 15) is 9.90 Å². The van der Waals surface area contributed by atoms with Crippen molar-refractivity contribution in [3.05, 3.63) is 119 Å². The van der Waals surface area contributed by atoms with Crippen LogP contribution in [0.15, 0.2) is 79.4 Å². The van der Waals surface area contributed by atoms with Crippen molar-refractivity contribution in [1.82, 2.24) is 30.2 Å². The minimum Gasteiger partial charge on any atom is -0.508 e. The zero-order valence-electron chi connectivity index (χ0n) is 21.5. The predicted molar refractivity (Wildman–Crippen MR) is 151 cm³/mol. The van der Waals surface area contributed by atoms with Gasteiger partial charge in [0.15, 0.2) is 0 Å². The molecule has 5 N–H and O–H groups in total. The molecule has 1 aliphatic rings. The molecule has 3 aromatic carbocycles. The summed E-state index contributed by atoms with van der Waals surface area (Å²) in [5.41, 5.74) is 9.01. The predicted octanol–water partition coefficient (Wildman–Crippen LogP) is 4.80. The number of benzene rings is 3. The van der Waals surface area contributed by atoms with Gasteiger partial charge in [0.2, 0.25) is 0 Å². The summed E-state index contributed by atoms with van der Waals surface area (Å²) in [6.45, 7) is 1.28. The van der Waals surface area contributed by atoms with Crippen molar-refractivity contribution in [3.8, 4) is 5.75 Å². The SMILES string of the molecule is Cn1cnc(Cc2c[nH]c3cc(CNCc4[nH]c5ccccc5c4C4NC(=O)c5ccc(O)cc54)ccc23)c1. The highest BCUT2D eigenvalue weighted by atomic mass is 16.3. The van der Waals surface area contributed by atoms with E-state index in [1.807, 2.05) is 42.3 Å². The van der Waals surface area contributed by atoms with Gasteiger partial charge in [-0.3, -0.25) is 4.79 Å². The Morgan fingerprint density at radius 2 is 1.92 bits per heavy atom. The average Bonchev–Trinajstić information content (AvgIpc) is 3.69. The van der Waals surface area contributed by atoms with E-state index in [0.29, 0.717) is 18.7 Å². The normalized spacial score (nSPS) is 14.8. The molecule has 1 amide bonds. The molecular weight excluding hydrogens is 488 g/mol. The number of aromatic amines is 2. The molecule has 0 saturated carbocycles. The van der Waals surface area contributed by atoms with E-state index in [2.05, 4.69) is 56.0 Å². The number of carbonyl (C=O) groups is 1. The van der Waals surface area contributed by atoms with E-state index in [1.54, 1.807) is 18.2 Å². The average molecular weight is 517 g/mol. The second-order valence-electron chi connectivity index (χ2n) is 10.2. The van der Waals surface area contributed by atoms with E-state index >= 15 is 0 Å². The zero-order chi connectivity index (χ0) is 26.5. The summed E-state index contributed by atoms with van der Waals surface area (Å²) in [5, 5.41) is 19.1. The number of aromatic hydroxyl groups is 1. The monoisotopic (exact) mass is 516 g/mol. The lowest BCUT2D eigenvalue weighted by molar-refractivity contribution is 0.0960. The van der Waals surface area contributed by atoms with Crippen LogP contribution in [-0.2, 0) is 26.6 Å². The van der Waals surface area contributed by atoms with Gasteiger partial charge < -0.3 is 30.3 Å². The molecule has 0 bridgehead atoms. The molecule has 4 heterocycles. The van der Waals surface area contributed by atoms with Crippen molar-refractivity contribution >= 4 is 27.7 Å². The van der Waals surface area contributed by atoms with Crippen molar-refractivity contribution < 1.29 is 9.90 Å². The van der Waals surface area contributed by atoms with E-state index in [-0.39, 0.29) is 17.7 Å². The Hall–Kier alpha value is -4.82. The van der Waals surface area contributed by atoms with E-state index in [1.165, 1.54) is 16.5 Å². The number of imidazole rings is 1. The molecule has 0 radical (unpaired) electrons. The smallest absolute Gasteiger partial charge is 0.252 e. The number of phenolic OH excluding ortho intramolecular Hbond substituents is 1. The number of nitrogens with one attached hydrogen (secondary N) is 4. The van der Waals surface area contributed by atoms with Crippen LogP contribution in [0.3, 0.4) is 0 Å². The first-order valence-electron chi connectivity index (χ1n) is 13.0. The van der Waals surface area contributed by atoms with Gasteiger partial charge in [0, 0.05) is 77.6 Å². The first kappa shape index (κ1) is 23.3. The molecule has 7 rings (SSSR count). The molecule has 8 nitrogen and oxygen atoms in total. The number of fused-ring (bicyclic) bond motifs is 3. The third-order valence-electron chi connectivity index (χ3n) is 7.58. The van der Waals surface area contributed by atoms with Gasteiger partial charge in [-0.2, -0.15) is 0 Å². The summed E-state index contributed by atoms with van der Waals surface area (Å²) in [6, 6.07) is 19.2. The first-order chi connectivity index (χ1) is 19.0. The zero-order valence-corrected chi connectivity index (χ0v) is 21.5. The van der Waals surface area contributed by atoms with Crippen LogP contribution in [0.1, 0.15) is 50.0 Å². The fourth-order valence-corrected chi connectivity index (χ4v) is 5.77. The molecule has 0 saturated heterocycles. The topological polar surface area (TPSA) is 111 Å². The third kappa shape index (κ3) is 4.15. The van der Waals surface area contributed by atoms with Crippen LogP contribution < -0.4 is 10.6 Å². The van der Waals surface area contributed by atoms with Crippen LogP contribution in [0.25, 0.3) is 21.8 Å². The van der Waals surface area contributed by atoms with Gasteiger partial charge in [-0.15, -0.1) is 0 Å². The minimum atomic E-state index is -0.333. The lowest BCUT2D eigenvalue weighted by Crippen LogP contribution is -2.22. The van der Waals surface area contributed by atoms with Gasteiger partial charge in [-0.1, -0.05) is 30.3 Å². The number of nitrogens with zero attached hydrogens (tertiary/aromatic N) is 2. The number of rotatable bonds is 7. The van der Waals surface area contributed by atoms with Gasteiger partial charge in [-0.05, 0) is 47.0 Å². The summed E-state index contributed by atoms with van der Waals surface area (Å²) in [6.07, 6.45) is 6.74. The van der Waals surface area contributed by atoms with E-state index in [4.69, 9.17) is 0 Å². The van der Waals surface area contributed by atoms with Crippen LogP contribution in [-0.4, -0.2) is 30.5 Å². The molecule has 0 aliphatic carbocycles. The van der Waals surface area contributed by atoms with Crippen molar-refractivity contribution in [3.63, 3.8) is 0 Å². The van der Waals surface area contributed by atoms with Crippen LogP contribution >= 0.6 is 0 Å². The summed E-state index contributed by atoms with van der Waals surface area (Å²) in [5.74, 6) is 0.0264. The lowest BCUT2D eigenvalue weighted by atomic mass is 9.95. The molecular formula is C31H28N6O2. The maximum absolute atomic E-state index is 12.7. The van der Waals surface area contributed by atoms with Crippen LogP contribution in [0, 0.1) is 0 Å². The number of hydrogen-bond acceptors (Lipinski definition) is 4. The summed E-state index contributed by atoms with van der Waals surface area (Å²) >= 11 is 0. The number of H-pyrrole nitrogens is 2. The summed E-state index contributed by atoms with van der Waals surface area (Å²) < 4.78 is 1.97. The summed E-state index contributed by atoms with van der Waals surface area (Å²) in [4.78, 5) is 24.1. The quantitative estimate of drug-likeness (QED) is 0.210. The largest absolute Gasteiger partial charge is 0.508 e. The van der Waals surface area contributed by atoms with Gasteiger partial charge in [0.1, 0.15) is 5.75 Å². The highest BCUT2D eigenvalue weighted by Gasteiger charge is 2.33. The number of aryl methyl sites for hydroxylation is 1. The number of aromatic nitrogens is 4. The molecule has 39 heavy (non-hydrogen) atoms. The van der Waals surface area contributed by atoms with Crippen LogP contribution in [0.2, 0.25) is 0 Å². The Bertz CT molecular complexity index is 1860. The van der Waals surface area contributed by atoms with Crippen molar-refractivity contribution in [1.29, 1.82) is 0 Å². The van der Waals surface area contributed by atoms with Gasteiger partial charge in [0.25, 0.3) is 5.91 Å². The number of hydrogen-bond donors (Lipinski definition) is 5. The standard InChI is InChI=1S/C31H28N6O2/c1-37-16-20(34-17-37)11-19-14-33-27-10-18(6-8-22(19)27)13-32-15-28-29(24-4-2-3-5-26(24)35-28)30-25-12-21(38)7-9-23(25)31(39)36-30/h2-10,12,14,16-17,30,32-33,35,38H,11,13,15H2,1H3,(H,36,39). The molecule has 0 fully saturated rings. The first-order valence-corrected chi connectivity index (χ1v) is 13.0. The Balaban J connectivity index is 1.13. The highest BCUT2D eigenvalue weighted by molar-refractivity contribution is 6.01. The van der Waals surface area contributed by atoms with Crippen molar-refractivity contribution in [2.45, 2.75) is 25.6 Å². The Morgan fingerprint density at radius 3 is 2.79 bits per heavy atom. The molecule has 1 unspecified atom stereocenters. The molecule has 1 aliphatic heterocycles. The third-order valence-corrected chi connectivity index (χ3v) is 7.58. The fraction of sp³-hybridized carbons (Fsp3) is 0.161. The van der Waals surface area contributed by atoms with Crippen LogP contribution in [0.5, 0.6) is 5.75 Å². The summed E-state index contributed by atoms with van der Waals surface area (Å²) in [7, 11) is 1.98. The highest BCUT2D eigenvalue weighted by Crippen LogP contribution is 2.38. The van der Waals surface area contributed by atoms with E-state index in [0.717, 1.165) is 45.4 Å². The maximum atomic E-state index is 12.7. The van der Waals surface area contributed by atoms with Crippen molar-refractivity contribution in [2.75, 3.05) is 0 Å². The Kier molecular flexibility index (Phi) is 5.49. The molecule has 8 heteroatoms. The van der Waals surface area contributed by atoms with E-state index < -0.39 is 0 Å². The lowest BCUT2D eigenvalue weighted by Gasteiger charge is -2.15. The van der Waals surface area contributed by atoms with Crippen LogP contribution in [0.4, 0.5) is 0 Å². The molecule has 194 valence electrons. The van der Waals surface area contributed by atoms with Gasteiger partial charge >= 0.3 is 0 Å². The second kappa shape index (κ2) is 9.18. The maximum Gasteiger partial charge on any atom is 0.252 e. The molecule has 1 atom stereocenters. The number of phenols is 1. The fourth-order valence-electron chi connectivity index (χ4n) is 5.77. The minimum absolute atomic E-state index is 0.124. The Morgan fingerprint density at radius 1 is 1.03 bits per heavy atom. The Labute approximate surface area is 224 Å². The van der Waals surface area contributed by atoms with Gasteiger partial charge in [0.05, 0.1) is 18.1 Å². The van der Waals surface area contributed by atoms with Crippen molar-refractivity contribution in [2.24, 2.45) is 7.05 Å². The molecule has 6 aromatic rings. The number of amides is 1. The number of carbonyl (C=O) groups excluding carboxylic acids is 1.